The third-order valence-electron chi connectivity index (χ3n) is 5.12. The lowest BCUT2D eigenvalue weighted by atomic mass is 10.1. The fourth-order valence-corrected chi connectivity index (χ4v) is 3.31. The lowest BCUT2D eigenvalue weighted by molar-refractivity contribution is -0.207. The molecule has 11 nitrogen and oxygen atoms in total. The minimum atomic E-state index is -5.38. The van der Waals surface area contributed by atoms with Crippen molar-refractivity contribution in [2.75, 3.05) is 6.54 Å². The van der Waals surface area contributed by atoms with Gasteiger partial charge in [-0.3, -0.25) is 9.80 Å². The number of nitrogens with two attached hydrogens (primary N) is 1. The Morgan fingerprint density at radius 3 is 2.39 bits per heavy atom. The van der Waals surface area contributed by atoms with Crippen LogP contribution in [0.1, 0.15) is 29.0 Å². The van der Waals surface area contributed by atoms with Gasteiger partial charge >= 0.3 is 18.1 Å². The predicted octanol–water partition coefficient (Wildman–Crippen LogP) is 3.26. The summed E-state index contributed by atoms with van der Waals surface area (Å²) >= 11 is 0. The highest BCUT2D eigenvalue weighted by molar-refractivity contribution is 6.03. The number of aromatic hydroxyl groups is 1. The van der Waals surface area contributed by atoms with Crippen LogP contribution >= 0.6 is 0 Å². The predicted molar refractivity (Wildman–Crippen MR) is 123 cm³/mol. The molecular weight excluding hydrogens is 513 g/mol. The molecule has 0 bridgehead atoms. The number of aromatic nitrogens is 1. The fraction of sp³-hybridized carbons (Fsp3) is 0.208. The van der Waals surface area contributed by atoms with Gasteiger partial charge in [0.05, 0.1) is 0 Å². The number of pyridine rings is 1. The smallest absolute Gasteiger partial charge is 0.490 e. The Balaban J connectivity index is 1.75. The average molecular weight is 532 g/mol. The summed E-state index contributed by atoms with van der Waals surface area (Å²) in [7, 11) is 0. The monoisotopic (exact) mass is 532 g/mol. The standard InChI is InChI=1S/C24H19F3N4O7/c25-24(26,27)23(36)38-18(22(34)35)7-4-10-31(29)21(33)19-20(32)15-9-8-14(11-16(15)17(12-28)30-19)37-13-5-2-1-3-6-13/h1-3,5-6,8-9,11,18,32H,4,7,10,29H2,(H,34,35)/t18-/m0/s1. The average Bonchev–Trinajstić information content (AvgIpc) is 2.87. The van der Waals surface area contributed by atoms with Crippen LogP contribution in [0.2, 0.25) is 0 Å². The number of fused-ring (bicyclic) bond motifs is 1. The number of hydrazine groups is 1. The van der Waals surface area contributed by atoms with Crippen LogP contribution in [0.15, 0.2) is 48.5 Å². The molecule has 1 amide bonds. The number of carbonyl (C=O) groups is 3. The minimum Gasteiger partial charge on any atom is -0.505 e. The second-order valence-electron chi connectivity index (χ2n) is 7.76. The Morgan fingerprint density at radius 2 is 1.79 bits per heavy atom. The first-order chi connectivity index (χ1) is 17.9. The van der Waals surface area contributed by atoms with Crippen molar-refractivity contribution in [1.82, 2.24) is 9.99 Å². The summed E-state index contributed by atoms with van der Waals surface area (Å²) in [5, 5.41) is 30.1. The molecule has 0 spiro atoms. The van der Waals surface area contributed by atoms with Crippen molar-refractivity contribution in [3.63, 3.8) is 0 Å². The SMILES string of the molecule is N#Cc1nc(C(=O)N(N)CCC[C@H](OC(=O)C(F)(F)F)C(=O)O)c(O)c2ccc(Oc3ccccc3)cc12. The molecule has 14 heteroatoms. The first-order valence-corrected chi connectivity index (χ1v) is 10.8. The highest BCUT2D eigenvalue weighted by atomic mass is 19.4. The molecule has 0 aliphatic rings. The lowest BCUT2D eigenvalue weighted by Crippen LogP contribution is -2.40. The lowest BCUT2D eigenvalue weighted by Gasteiger charge is -2.19. The molecule has 3 aromatic rings. The molecule has 0 aliphatic carbocycles. The van der Waals surface area contributed by atoms with Crippen molar-refractivity contribution in [1.29, 1.82) is 5.26 Å². The minimum absolute atomic E-state index is 0.0960. The molecule has 3 rings (SSSR count). The van der Waals surface area contributed by atoms with Gasteiger partial charge in [-0.05, 0) is 43.2 Å². The maximum absolute atomic E-state index is 12.8. The van der Waals surface area contributed by atoms with Gasteiger partial charge in [0.25, 0.3) is 5.91 Å². The highest BCUT2D eigenvalue weighted by Gasteiger charge is 2.43. The zero-order valence-corrected chi connectivity index (χ0v) is 19.3. The Morgan fingerprint density at radius 1 is 1.11 bits per heavy atom. The maximum Gasteiger partial charge on any atom is 0.490 e. The van der Waals surface area contributed by atoms with Crippen LogP contribution in [-0.2, 0) is 14.3 Å². The van der Waals surface area contributed by atoms with E-state index in [-0.39, 0.29) is 22.9 Å². The number of esters is 1. The molecule has 0 radical (unpaired) electrons. The van der Waals surface area contributed by atoms with Crippen LogP contribution in [0.25, 0.3) is 10.8 Å². The molecule has 0 saturated heterocycles. The van der Waals surface area contributed by atoms with Gasteiger partial charge in [0.1, 0.15) is 23.3 Å². The Labute approximate surface area is 212 Å². The Bertz CT molecular complexity index is 1410. The highest BCUT2D eigenvalue weighted by Crippen LogP contribution is 2.34. The summed E-state index contributed by atoms with van der Waals surface area (Å²) in [6.45, 7) is -0.406. The number of carboxylic acids is 1. The number of para-hydroxylation sites is 1. The van der Waals surface area contributed by atoms with Gasteiger partial charge in [-0.25, -0.2) is 20.4 Å². The number of hydrogen-bond donors (Lipinski definition) is 3. The number of carbonyl (C=O) groups excluding carboxylic acids is 2. The summed E-state index contributed by atoms with van der Waals surface area (Å²) < 4.78 is 46.7. The first-order valence-electron chi connectivity index (χ1n) is 10.8. The third kappa shape index (κ3) is 6.45. The van der Waals surface area contributed by atoms with E-state index in [1.807, 2.05) is 6.07 Å². The van der Waals surface area contributed by atoms with Crippen molar-refractivity contribution < 1.29 is 47.2 Å². The van der Waals surface area contributed by atoms with E-state index in [1.165, 1.54) is 18.2 Å². The van der Waals surface area contributed by atoms with E-state index in [0.29, 0.717) is 16.5 Å². The second-order valence-corrected chi connectivity index (χ2v) is 7.76. The summed E-state index contributed by atoms with van der Waals surface area (Å²) in [6.07, 6.45) is -8.39. The largest absolute Gasteiger partial charge is 0.505 e. The molecule has 38 heavy (non-hydrogen) atoms. The number of halogens is 3. The van der Waals surface area contributed by atoms with Crippen molar-refractivity contribution in [3.8, 4) is 23.3 Å². The zero-order valence-electron chi connectivity index (χ0n) is 19.3. The van der Waals surface area contributed by atoms with Crippen LogP contribution in [-0.4, -0.2) is 56.9 Å². The van der Waals surface area contributed by atoms with Crippen molar-refractivity contribution in [3.05, 3.63) is 59.9 Å². The summed E-state index contributed by atoms with van der Waals surface area (Å²) in [5.41, 5.74) is -0.801. The molecule has 2 aromatic carbocycles. The van der Waals surface area contributed by atoms with Crippen LogP contribution in [0.3, 0.4) is 0 Å². The number of benzene rings is 2. The second kappa shape index (κ2) is 11.4. The van der Waals surface area contributed by atoms with Crippen LogP contribution in [0, 0.1) is 11.3 Å². The Kier molecular flexibility index (Phi) is 8.33. The number of rotatable bonds is 9. The van der Waals surface area contributed by atoms with Gasteiger partial charge < -0.3 is 19.7 Å². The molecule has 1 aromatic heterocycles. The van der Waals surface area contributed by atoms with Gasteiger partial charge in [0, 0.05) is 17.3 Å². The summed E-state index contributed by atoms with van der Waals surface area (Å²) in [4.78, 5) is 38.7. The molecule has 0 aliphatic heterocycles. The number of amides is 1. The first kappa shape index (κ1) is 27.7. The van der Waals surface area contributed by atoms with E-state index in [4.69, 9.17) is 15.7 Å². The van der Waals surface area contributed by atoms with Gasteiger partial charge in [-0.2, -0.15) is 18.4 Å². The number of aliphatic carboxylic acids is 1. The van der Waals surface area contributed by atoms with E-state index in [1.54, 1.807) is 30.3 Å². The van der Waals surface area contributed by atoms with Gasteiger partial charge in [0.15, 0.2) is 17.5 Å². The zero-order chi connectivity index (χ0) is 28.0. The van der Waals surface area contributed by atoms with E-state index in [2.05, 4.69) is 9.72 Å². The molecular formula is C24H19F3N4O7. The fourth-order valence-electron chi connectivity index (χ4n) is 3.31. The van der Waals surface area contributed by atoms with Crippen molar-refractivity contribution >= 4 is 28.6 Å². The molecule has 1 atom stereocenters. The quantitative estimate of drug-likeness (QED) is 0.160. The number of nitrogens with zero attached hydrogens (tertiary/aromatic N) is 3. The summed E-state index contributed by atoms with van der Waals surface area (Å²) in [5.74, 6) is 0.416. The Hall–Kier alpha value is -4.90. The molecule has 4 N–H and O–H groups in total. The van der Waals surface area contributed by atoms with Gasteiger partial charge in [-0.1, -0.05) is 18.2 Å². The topological polar surface area (TPSA) is 176 Å². The van der Waals surface area contributed by atoms with Gasteiger partial charge in [0.2, 0.25) is 0 Å². The molecule has 0 saturated carbocycles. The van der Waals surface area contributed by atoms with Crippen molar-refractivity contribution in [2.45, 2.75) is 25.1 Å². The maximum atomic E-state index is 12.8. The number of nitriles is 1. The van der Waals surface area contributed by atoms with Crippen LogP contribution < -0.4 is 10.6 Å². The molecule has 198 valence electrons. The number of alkyl halides is 3. The van der Waals surface area contributed by atoms with E-state index in [9.17, 15) is 37.9 Å². The molecule has 1 heterocycles. The molecule has 0 unspecified atom stereocenters. The number of hydrogen-bond acceptors (Lipinski definition) is 9. The molecule has 0 fully saturated rings. The normalized spacial score (nSPS) is 11.9. The van der Waals surface area contributed by atoms with Crippen LogP contribution in [0.4, 0.5) is 13.2 Å². The number of carboxylic acid groups (broad SMARTS) is 1. The van der Waals surface area contributed by atoms with E-state index in [0.717, 1.165) is 0 Å². The third-order valence-corrected chi connectivity index (χ3v) is 5.12. The summed E-state index contributed by atoms with van der Waals surface area (Å²) in [6, 6.07) is 14.9. The van der Waals surface area contributed by atoms with E-state index >= 15 is 0 Å². The van der Waals surface area contributed by atoms with E-state index < -0.39 is 54.5 Å². The van der Waals surface area contributed by atoms with Gasteiger partial charge in [-0.15, -0.1) is 0 Å². The number of ether oxygens (including phenoxy) is 2. The van der Waals surface area contributed by atoms with Crippen molar-refractivity contribution in [2.24, 2.45) is 5.84 Å². The van der Waals surface area contributed by atoms with Crippen LogP contribution in [0.5, 0.6) is 17.2 Å².